The molecule has 1 N–H and O–H groups in total. The summed E-state index contributed by atoms with van der Waals surface area (Å²) in [5.74, 6) is -3.66. The van der Waals surface area contributed by atoms with Gasteiger partial charge in [-0.05, 0) is 23.8 Å². The van der Waals surface area contributed by atoms with Gasteiger partial charge in [0.2, 0.25) is 0 Å². The van der Waals surface area contributed by atoms with Crippen molar-refractivity contribution in [2.45, 2.75) is 31.5 Å². The average molecular weight is 450 g/mol. The van der Waals surface area contributed by atoms with Gasteiger partial charge in [0, 0.05) is 6.42 Å². The van der Waals surface area contributed by atoms with Crippen LogP contribution in [0.15, 0.2) is 36.4 Å². The number of ether oxygens (including phenoxy) is 2. The summed E-state index contributed by atoms with van der Waals surface area (Å²) < 4.78 is 10.4. The van der Waals surface area contributed by atoms with Crippen molar-refractivity contribution < 1.29 is 68.2 Å². The number of rotatable bonds is 6. The molecule has 2 atom stereocenters. The minimum absolute atomic E-state index is 0. The van der Waals surface area contributed by atoms with E-state index in [1.165, 1.54) is 0 Å². The molecule has 4 rings (SSSR count). The minimum Gasteiger partial charge on any atom is -0.544 e. The molecular formula is C21H19N2NaO8. The average Bonchev–Trinajstić information content (AvgIpc) is 3.31. The molecule has 32 heavy (non-hydrogen) atoms. The third kappa shape index (κ3) is 4.06. The first-order valence-corrected chi connectivity index (χ1v) is 9.73. The Morgan fingerprint density at radius 2 is 2.00 bits per heavy atom. The number of carbonyl (C=O) groups is 4. The zero-order chi connectivity index (χ0) is 22.2. The molecule has 10 nitrogen and oxygen atoms in total. The van der Waals surface area contributed by atoms with Gasteiger partial charge in [0.15, 0.2) is 0 Å². The number of carboxylic acids is 1. The standard InChI is InChI=1S/C21H20N2O8.Na/c1-2-29-15-8-7-12-5-3-4-6-13(12)17(15)18(25)22-14-11-30-23(19(14)26)21(20(27)28)10-9-16(24)31-21;/h3-8,14H,2,9-11H2,1H3,(H,22,25)(H,27,28);/q;+1/p-1/t14-,21?;/m0./s1. The molecule has 2 aromatic carbocycles. The number of benzene rings is 2. The summed E-state index contributed by atoms with van der Waals surface area (Å²) in [4.78, 5) is 54.3. The Hall–Kier alpha value is -2.66. The van der Waals surface area contributed by atoms with Crippen molar-refractivity contribution in [2.24, 2.45) is 0 Å². The van der Waals surface area contributed by atoms with Crippen LogP contribution >= 0.6 is 0 Å². The van der Waals surface area contributed by atoms with Crippen LogP contribution < -0.4 is 44.7 Å². The molecule has 0 radical (unpaired) electrons. The summed E-state index contributed by atoms with van der Waals surface area (Å²) in [7, 11) is 0. The summed E-state index contributed by atoms with van der Waals surface area (Å²) in [5.41, 5.74) is -2.10. The maximum absolute atomic E-state index is 13.1. The van der Waals surface area contributed by atoms with Gasteiger partial charge in [-0.1, -0.05) is 30.3 Å². The Bertz CT molecular complexity index is 1090. The molecule has 2 saturated heterocycles. The topological polar surface area (TPSA) is 134 Å². The van der Waals surface area contributed by atoms with Gasteiger partial charge in [-0.15, -0.1) is 0 Å². The van der Waals surface area contributed by atoms with Crippen LogP contribution in [-0.2, 0) is 24.0 Å². The van der Waals surface area contributed by atoms with Crippen molar-refractivity contribution >= 4 is 34.5 Å². The molecule has 1 unspecified atom stereocenters. The number of esters is 1. The van der Waals surface area contributed by atoms with Crippen molar-refractivity contribution in [1.29, 1.82) is 0 Å². The van der Waals surface area contributed by atoms with E-state index in [-0.39, 0.29) is 54.6 Å². The quantitative estimate of drug-likeness (QED) is 0.361. The molecule has 0 bridgehead atoms. The number of cyclic esters (lactones) is 1. The molecule has 2 aliphatic heterocycles. The van der Waals surface area contributed by atoms with E-state index >= 15 is 0 Å². The Kier molecular flexibility index (Phi) is 7.09. The van der Waals surface area contributed by atoms with E-state index in [9.17, 15) is 24.3 Å². The van der Waals surface area contributed by atoms with E-state index in [1.54, 1.807) is 25.1 Å². The first kappa shape index (κ1) is 24.0. The Morgan fingerprint density at radius 1 is 1.25 bits per heavy atom. The largest absolute Gasteiger partial charge is 1.00 e. The Morgan fingerprint density at radius 3 is 2.66 bits per heavy atom. The predicted molar refractivity (Wildman–Crippen MR) is 102 cm³/mol. The van der Waals surface area contributed by atoms with Gasteiger partial charge in [-0.2, -0.15) is 5.06 Å². The molecule has 162 valence electrons. The van der Waals surface area contributed by atoms with Crippen molar-refractivity contribution in [1.82, 2.24) is 10.4 Å². The van der Waals surface area contributed by atoms with Crippen LogP contribution in [0.25, 0.3) is 10.8 Å². The van der Waals surface area contributed by atoms with Gasteiger partial charge in [-0.25, -0.2) is 0 Å². The molecule has 11 heteroatoms. The van der Waals surface area contributed by atoms with Crippen LogP contribution in [0.3, 0.4) is 0 Å². The SMILES string of the molecule is CCOc1ccc2ccccc2c1C(=O)N[C@H]1CON(C2(C(=O)[O-])CCC(=O)O2)C1=O.[Na+]. The monoisotopic (exact) mass is 450 g/mol. The normalized spacial score (nSPS) is 22.4. The molecular weight excluding hydrogens is 431 g/mol. The van der Waals surface area contributed by atoms with Crippen molar-refractivity contribution in [3.8, 4) is 5.75 Å². The number of aliphatic carboxylic acids is 1. The predicted octanol–water partition coefficient (Wildman–Crippen LogP) is -3.10. The third-order valence-electron chi connectivity index (χ3n) is 5.19. The zero-order valence-corrected chi connectivity index (χ0v) is 19.6. The number of amides is 2. The van der Waals surface area contributed by atoms with E-state index in [2.05, 4.69) is 5.32 Å². The van der Waals surface area contributed by atoms with Crippen LogP contribution in [0.5, 0.6) is 5.75 Å². The van der Waals surface area contributed by atoms with Crippen LogP contribution in [0.2, 0.25) is 0 Å². The molecule has 2 heterocycles. The van der Waals surface area contributed by atoms with Gasteiger partial charge >= 0.3 is 35.5 Å². The molecule has 0 saturated carbocycles. The maximum atomic E-state index is 13.1. The fourth-order valence-corrected chi connectivity index (χ4v) is 3.73. The van der Waals surface area contributed by atoms with Gasteiger partial charge in [-0.3, -0.25) is 19.2 Å². The molecule has 2 fully saturated rings. The molecule has 2 aliphatic rings. The van der Waals surface area contributed by atoms with Crippen LogP contribution in [-0.4, -0.2) is 53.8 Å². The number of hydrogen-bond acceptors (Lipinski definition) is 8. The van der Waals surface area contributed by atoms with Gasteiger partial charge < -0.3 is 24.7 Å². The second kappa shape index (κ2) is 9.45. The van der Waals surface area contributed by atoms with Crippen molar-refractivity contribution in [3.63, 3.8) is 0 Å². The summed E-state index contributed by atoms with van der Waals surface area (Å²) in [5, 5.41) is 16.1. The molecule has 0 spiro atoms. The molecule has 2 aromatic rings. The van der Waals surface area contributed by atoms with Crippen molar-refractivity contribution in [3.05, 3.63) is 42.0 Å². The van der Waals surface area contributed by atoms with Crippen LogP contribution in [0.4, 0.5) is 0 Å². The van der Waals surface area contributed by atoms with Gasteiger partial charge in [0.05, 0.1) is 18.6 Å². The third-order valence-corrected chi connectivity index (χ3v) is 5.19. The molecule has 0 aliphatic carbocycles. The number of nitrogens with one attached hydrogen (secondary N) is 1. The van der Waals surface area contributed by atoms with Gasteiger partial charge in [0.1, 0.15) is 24.4 Å². The fourth-order valence-electron chi connectivity index (χ4n) is 3.73. The van der Waals surface area contributed by atoms with Crippen molar-refractivity contribution in [2.75, 3.05) is 13.2 Å². The first-order valence-electron chi connectivity index (χ1n) is 9.73. The maximum Gasteiger partial charge on any atom is 1.00 e. The number of nitrogens with zero attached hydrogens (tertiary/aromatic N) is 1. The van der Waals surface area contributed by atoms with E-state index < -0.39 is 35.5 Å². The Balaban J connectivity index is 0.00000289. The number of hydrogen-bond donors (Lipinski definition) is 1. The van der Waals surface area contributed by atoms with E-state index in [1.807, 2.05) is 18.2 Å². The van der Waals surface area contributed by atoms with Crippen LogP contribution in [0, 0.1) is 0 Å². The van der Waals surface area contributed by atoms with E-state index in [0.29, 0.717) is 22.8 Å². The summed E-state index contributed by atoms with van der Waals surface area (Å²) in [6.07, 6.45) is -0.510. The van der Waals surface area contributed by atoms with Crippen LogP contribution in [0.1, 0.15) is 30.1 Å². The smallest absolute Gasteiger partial charge is 0.544 e. The molecule has 0 aromatic heterocycles. The second-order valence-electron chi connectivity index (χ2n) is 7.09. The van der Waals surface area contributed by atoms with E-state index in [0.717, 1.165) is 5.39 Å². The minimum atomic E-state index is -2.34. The number of carbonyl (C=O) groups excluding carboxylic acids is 4. The van der Waals surface area contributed by atoms with E-state index in [4.69, 9.17) is 14.3 Å². The summed E-state index contributed by atoms with van der Waals surface area (Å²) in [6, 6.07) is 9.51. The number of carboxylic acid groups (broad SMARTS) is 1. The summed E-state index contributed by atoms with van der Waals surface area (Å²) in [6.45, 7) is 1.79. The second-order valence-corrected chi connectivity index (χ2v) is 7.09. The number of hydroxylamine groups is 2. The summed E-state index contributed by atoms with van der Waals surface area (Å²) >= 11 is 0. The Labute approximate surface area is 205 Å². The zero-order valence-electron chi connectivity index (χ0n) is 17.6. The number of fused-ring (bicyclic) bond motifs is 1. The first-order chi connectivity index (χ1) is 14.9. The fraction of sp³-hybridized carbons (Fsp3) is 0.333. The molecule has 2 amide bonds. The van der Waals surface area contributed by atoms with Gasteiger partial charge in [0.25, 0.3) is 17.5 Å².